The zero-order valence-electron chi connectivity index (χ0n) is 25.1. The molecule has 0 radical (unpaired) electrons. The summed E-state index contributed by atoms with van der Waals surface area (Å²) >= 11 is 0. The van der Waals surface area contributed by atoms with Crippen molar-refractivity contribution in [1.29, 1.82) is 0 Å². The molecule has 4 aromatic rings. The zero-order chi connectivity index (χ0) is 29.6. The molecule has 214 valence electrons. The van der Waals surface area contributed by atoms with Crippen LogP contribution in [0.3, 0.4) is 0 Å². The molecule has 0 aromatic heterocycles. The summed E-state index contributed by atoms with van der Waals surface area (Å²) in [5, 5.41) is 22.8. The monoisotopic (exact) mass is 549 g/mol. The number of aliphatic hydroxyl groups excluding tert-OH is 1. The minimum Gasteiger partial charge on any atom is -0.507 e. The lowest BCUT2D eigenvalue weighted by Gasteiger charge is -2.27. The first-order chi connectivity index (χ1) is 19.4. The topological polar surface area (TPSA) is 62.1 Å². The molecule has 0 bridgehead atoms. The van der Waals surface area contributed by atoms with E-state index in [0.29, 0.717) is 5.56 Å². The molecular formula is C37H43NO3. The molecule has 0 aliphatic heterocycles. The normalized spacial score (nSPS) is 14.0. The number of phenols is 1. The number of aliphatic imine (C=N–C) groups is 1. The van der Waals surface area contributed by atoms with Gasteiger partial charge < -0.3 is 14.9 Å². The van der Waals surface area contributed by atoms with Gasteiger partial charge in [0.05, 0.1) is 6.61 Å². The van der Waals surface area contributed by atoms with Gasteiger partial charge >= 0.3 is 0 Å². The maximum atomic E-state index is 11.5. The van der Waals surface area contributed by atoms with Crippen molar-refractivity contribution in [3.63, 3.8) is 0 Å². The number of nitrogens with zero attached hydrogens (tertiary/aromatic N) is 1. The Morgan fingerprint density at radius 1 is 0.707 bits per heavy atom. The SMILES string of the molecule is CC(C)(C)c1cc(C=N[C@H](c2ccccc2)[C@@H](O)COC(c2ccccc2)c2ccccc2)c(O)c(C(C)(C)C)c1. The first-order valence-electron chi connectivity index (χ1n) is 14.3. The number of rotatable bonds is 9. The standard InChI is InChI=1S/C37H43NO3/c1-36(2,3)30-22-29(34(40)31(23-30)37(4,5)6)24-38-33(26-16-10-7-11-17-26)32(39)25-41-35(27-18-12-8-13-19-27)28-20-14-9-15-21-28/h7-24,32-33,35,39-40H,25H2,1-6H3/t32-,33+/m0/s1. The molecule has 4 aromatic carbocycles. The number of ether oxygens (including phenoxy) is 1. The summed E-state index contributed by atoms with van der Waals surface area (Å²) in [5.41, 5.74) is 5.20. The van der Waals surface area contributed by atoms with Crippen LogP contribution >= 0.6 is 0 Å². The van der Waals surface area contributed by atoms with E-state index in [9.17, 15) is 10.2 Å². The summed E-state index contributed by atoms with van der Waals surface area (Å²) in [6, 6.07) is 33.3. The number of aliphatic hydroxyl groups is 1. The molecule has 2 atom stereocenters. The molecule has 4 nitrogen and oxygen atoms in total. The van der Waals surface area contributed by atoms with Gasteiger partial charge in [-0.1, -0.05) is 139 Å². The minimum absolute atomic E-state index is 0.0760. The molecule has 0 amide bonds. The average Bonchev–Trinajstić information content (AvgIpc) is 2.94. The smallest absolute Gasteiger partial charge is 0.128 e. The second-order valence-corrected chi connectivity index (χ2v) is 12.7. The fraction of sp³-hybridized carbons (Fsp3) is 0.324. The number of phenolic OH excluding ortho intramolecular Hbond substituents is 1. The van der Waals surface area contributed by atoms with E-state index in [1.54, 1.807) is 6.21 Å². The second-order valence-electron chi connectivity index (χ2n) is 12.7. The Hall–Kier alpha value is -3.73. The predicted octanol–water partition coefficient (Wildman–Crippen LogP) is 8.31. The molecule has 4 rings (SSSR count). The number of aromatic hydroxyl groups is 1. The average molecular weight is 550 g/mol. The predicted molar refractivity (Wildman–Crippen MR) is 169 cm³/mol. The van der Waals surface area contributed by atoms with Crippen LogP contribution < -0.4 is 0 Å². The van der Waals surface area contributed by atoms with E-state index < -0.39 is 12.1 Å². The van der Waals surface area contributed by atoms with E-state index in [0.717, 1.165) is 27.8 Å². The van der Waals surface area contributed by atoms with Crippen molar-refractivity contribution in [3.8, 4) is 5.75 Å². The fourth-order valence-corrected chi connectivity index (χ4v) is 4.90. The molecule has 2 N–H and O–H groups in total. The fourth-order valence-electron chi connectivity index (χ4n) is 4.90. The third kappa shape index (κ3) is 7.72. The first kappa shape index (κ1) is 30.2. The van der Waals surface area contributed by atoms with Crippen LogP contribution in [-0.4, -0.2) is 29.1 Å². The summed E-state index contributed by atoms with van der Waals surface area (Å²) in [6.07, 6.45) is 0.458. The van der Waals surface area contributed by atoms with Crippen LogP contribution in [0.1, 0.15) is 87.1 Å². The quantitative estimate of drug-likeness (QED) is 0.206. The maximum absolute atomic E-state index is 11.5. The molecule has 0 aliphatic rings. The van der Waals surface area contributed by atoms with E-state index in [-0.39, 0.29) is 29.3 Å². The van der Waals surface area contributed by atoms with E-state index in [1.165, 1.54) is 0 Å². The summed E-state index contributed by atoms with van der Waals surface area (Å²) in [5.74, 6) is 0.222. The Morgan fingerprint density at radius 2 is 1.20 bits per heavy atom. The van der Waals surface area contributed by atoms with Crippen molar-refractivity contribution >= 4 is 6.21 Å². The summed E-state index contributed by atoms with van der Waals surface area (Å²) in [7, 11) is 0. The highest BCUT2D eigenvalue weighted by molar-refractivity contribution is 5.85. The van der Waals surface area contributed by atoms with Gasteiger partial charge in [-0.15, -0.1) is 0 Å². The van der Waals surface area contributed by atoms with Crippen LogP contribution in [0.5, 0.6) is 5.75 Å². The molecule has 0 saturated carbocycles. The van der Waals surface area contributed by atoms with Gasteiger partial charge in [-0.3, -0.25) is 4.99 Å². The molecule has 0 aliphatic carbocycles. The summed E-state index contributed by atoms with van der Waals surface area (Å²) in [4.78, 5) is 4.88. The summed E-state index contributed by atoms with van der Waals surface area (Å²) in [6.45, 7) is 12.9. The van der Waals surface area contributed by atoms with Gasteiger partial charge in [0.1, 0.15) is 24.0 Å². The van der Waals surface area contributed by atoms with Crippen LogP contribution in [0.2, 0.25) is 0 Å². The van der Waals surface area contributed by atoms with Crippen LogP contribution in [0.25, 0.3) is 0 Å². The van der Waals surface area contributed by atoms with Crippen LogP contribution in [-0.2, 0) is 15.6 Å². The third-order valence-corrected chi connectivity index (χ3v) is 7.33. The van der Waals surface area contributed by atoms with Crippen molar-refractivity contribution in [2.45, 2.75) is 70.6 Å². The van der Waals surface area contributed by atoms with Gasteiger partial charge in [0.25, 0.3) is 0 Å². The summed E-state index contributed by atoms with van der Waals surface area (Å²) < 4.78 is 6.41. The van der Waals surface area contributed by atoms with Gasteiger partial charge in [-0.05, 0) is 39.2 Å². The van der Waals surface area contributed by atoms with E-state index >= 15 is 0 Å². The maximum Gasteiger partial charge on any atom is 0.128 e. The lowest BCUT2D eigenvalue weighted by molar-refractivity contribution is -0.00416. The van der Waals surface area contributed by atoms with Crippen LogP contribution in [0.15, 0.2) is 108 Å². The molecule has 0 spiro atoms. The van der Waals surface area contributed by atoms with Crippen molar-refractivity contribution < 1.29 is 14.9 Å². The molecule has 0 fully saturated rings. The van der Waals surface area contributed by atoms with E-state index in [4.69, 9.17) is 9.73 Å². The largest absolute Gasteiger partial charge is 0.507 e. The third-order valence-electron chi connectivity index (χ3n) is 7.33. The number of hydrogen-bond donors (Lipinski definition) is 2. The van der Waals surface area contributed by atoms with Crippen LogP contribution in [0, 0.1) is 0 Å². The zero-order valence-corrected chi connectivity index (χ0v) is 25.1. The first-order valence-corrected chi connectivity index (χ1v) is 14.3. The molecule has 0 unspecified atom stereocenters. The van der Waals surface area contributed by atoms with Crippen molar-refractivity contribution in [3.05, 3.63) is 137 Å². The highest BCUT2D eigenvalue weighted by Crippen LogP contribution is 2.37. The molecule has 0 saturated heterocycles. The van der Waals surface area contributed by atoms with Crippen molar-refractivity contribution in [2.24, 2.45) is 4.99 Å². The van der Waals surface area contributed by atoms with Crippen molar-refractivity contribution in [1.82, 2.24) is 0 Å². The molecule has 4 heteroatoms. The van der Waals surface area contributed by atoms with Gasteiger partial charge in [0.15, 0.2) is 0 Å². The molecule has 41 heavy (non-hydrogen) atoms. The molecular weight excluding hydrogens is 506 g/mol. The highest BCUT2D eigenvalue weighted by atomic mass is 16.5. The lowest BCUT2D eigenvalue weighted by Crippen LogP contribution is -2.25. The lowest BCUT2D eigenvalue weighted by atomic mass is 9.79. The van der Waals surface area contributed by atoms with E-state index in [2.05, 4.69) is 47.6 Å². The Bertz CT molecular complexity index is 1380. The Labute approximate surface area is 245 Å². The minimum atomic E-state index is -0.918. The van der Waals surface area contributed by atoms with E-state index in [1.807, 2.05) is 97.1 Å². The number of hydrogen-bond acceptors (Lipinski definition) is 4. The Morgan fingerprint density at radius 3 is 1.66 bits per heavy atom. The highest BCUT2D eigenvalue weighted by Gasteiger charge is 2.26. The Balaban J connectivity index is 1.67. The number of benzene rings is 4. The Kier molecular flexibility index (Phi) is 9.47. The van der Waals surface area contributed by atoms with Crippen molar-refractivity contribution in [2.75, 3.05) is 6.61 Å². The van der Waals surface area contributed by atoms with Gasteiger partial charge in [-0.2, -0.15) is 0 Å². The second kappa shape index (κ2) is 12.8. The van der Waals surface area contributed by atoms with Gasteiger partial charge in [0.2, 0.25) is 0 Å². The van der Waals surface area contributed by atoms with Gasteiger partial charge in [-0.25, -0.2) is 0 Å². The van der Waals surface area contributed by atoms with Crippen LogP contribution in [0.4, 0.5) is 0 Å². The molecule has 0 heterocycles. The van der Waals surface area contributed by atoms with Gasteiger partial charge in [0, 0.05) is 17.3 Å².